The zero-order valence-electron chi connectivity index (χ0n) is 31.8. The molecule has 0 bridgehead atoms. The van der Waals surface area contributed by atoms with Gasteiger partial charge in [0.1, 0.15) is 40.5 Å². The Morgan fingerprint density at radius 1 is 0.644 bits per heavy atom. The molecule has 2 aromatic heterocycles. The van der Waals surface area contributed by atoms with Crippen molar-refractivity contribution >= 4 is 48.9 Å². The first-order valence-electron chi connectivity index (χ1n) is 17.4. The van der Waals surface area contributed by atoms with Crippen molar-refractivity contribution in [3.63, 3.8) is 0 Å². The molecule has 0 atom stereocenters. The lowest BCUT2D eigenvalue weighted by Crippen LogP contribution is -2.30. The molecule has 0 fully saturated rings. The van der Waals surface area contributed by atoms with Crippen molar-refractivity contribution in [1.82, 2.24) is 9.97 Å². The second-order valence-corrected chi connectivity index (χ2v) is 17.4. The number of ether oxygens (including phenoxy) is 2. The highest BCUT2D eigenvalue weighted by Gasteiger charge is 2.19. The number of aliphatic hydroxyl groups is 1. The molecule has 0 aliphatic carbocycles. The Kier molecular flexibility index (Phi) is 16.7. The minimum absolute atomic E-state index is 0.0794. The lowest BCUT2D eigenvalue weighted by Gasteiger charge is -2.20. The average Bonchev–Trinajstić information content (AvgIpc) is 3.18. The van der Waals surface area contributed by atoms with E-state index >= 15 is 0 Å². The first-order valence-corrected chi connectivity index (χ1v) is 22.0. The molecule has 0 saturated heterocycles. The topological polar surface area (TPSA) is 136 Å². The van der Waals surface area contributed by atoms with Crippen LogP contribution in [0.3, 0.4) is 0 Å². The van der Waals surface area contributed by atoms with Gasteiger partial charge in [0.05, 0.1) is 42.2 Å². The number of hydrogen-bond acceptors (Lipinski definition) is 9. The number of halogens is 4. The molecule has 2 heterocycles. The maximum atomic E-state index is 13.0. The highest BCUT2D eigenvalue weighted by atomic mass is 35.5. The molecule has 59 heavy (non-hydrogen) atoms. The van der Waals surface area contributed by atoms with E-state index in [-0.39, 0.29) is 36.4 Å². The minimum Gasteiger partial charge on any atom is -0.457 e. The van der Waals surface area contributed by atoms with Crippen LogP contribution in [0.5, 0.6) is 23.0 Å². The first-order chi connectivity index (χ1) is 28.0. The van der Waals surface area contributed by atoms with Gasteiger partial charge in [0, 0.05) is 33.5 Å². The molecule has 16 heteroatoms. The second-order valence-electron chi connectivity index (χ2n) is 12.5. The lowest BCUT2D eigenvalue weighted by molar-refractivity contribution is 0.343. The third-order valence-corrected chi connectivity index (χ3v) is 9.90. The monoisotopic (exact) mass is 881 g/mol. The van der Waals surface area contributed by atoms with E-state index in [1.165, 1.54) is 60.7 Å². The van der Waals surface area contributed by atoms with Crippen LogP contribution in [0.25, 0.3) is 22.5 Å². The molecule has 0 spiro atoms. The predicted molar refractivity (Wildman–Crippen MR) is 231 cm³/mol. The molecule has 0 aliphatic rings. The number of aromatic nitrogens is 2. The van der Waals surface area contributed by atoms with Gasteiger partial charge in [0.15, 0.2) is 9.84 Å². The number of sulfonamides is 1. The number of sulfone groups is 1. The molecule has 308 valence electrons. The summed E-state index contributed by atoms with van der Waals surface area (Å²) in [4.78, 5) is 8.81. The molecule has 0 aliphatic heterocycles. The quantitative estimate of drug-likeness (QED) is 0.112. The van der Waals surface area contributed by atoms with Gasteiger partial charge < -0.3 is 14.6 Å². The number of hydrogen-bond donors (Lipinski definition) is 1. The van der Waals surface area contributed by atoms with E-state index < -0.39 is 19.9 Å². The van der Waals surface area contributed by atoms with Crippen LogP contribution >= 0.6 is 23.2 Å². The summed E-state index contributed by atoms with van der Waals surface area (Å²) in [5, 5.41) is 8.53. The van der Waals surface area contributed by atoms with E-state index in [1.807, 2.05) is 0 Å². The standard InChI is InChI=1S/C21H18ClFN2O3S.C19H15ClFNO3S.C3H6O/c1-3-12-25(29(2,26)27)21-14-16(22)13-20(24-21)15-4-8-18(9-5-15)28-19-10-6-17(23)7-11-19;1-26(23,24)12-16-10-14(20)11-19(22-16)13-2-6-17(7-3-13)25-18-8-4-15(21)5-9-18;1-2-3-4/h3-11,13-14H,1,12H2,2H3;2-11H,12H2,1H3;2,4H,1,3H2. The van der Waals surface area contributed by atoms with Crippen molar-refractivity contribution < 1.29 is 40.2 Å². The van der Waals surface area contributed by atoms with Crippen LogP contribution in [0, 0.1) is 11.6 Å². The summed E-state index contributed by atoms with van der Waals surface area (Å²) in [6.07, 6.45) is 5.15. The summed E-state index contributed by atoms with van der Waals surface area (Å²) in [6, 6.07) is 31.9. The predicted octanol–water partition coefficient (Wildman–Crippen LogP) is 10.3. The van der Waals surface area contributed by atoms with Gasteiger partial charge in [-0.1, -0.05) is 35.4 Å². The van der Waals surface area contributed by atoms with Crippen LogP contribution in [0.1, 0.15) is 5.69 Å². The van der Waals surface area contributed by atoms with Crippen molar-refractivity contribution in [3.05, 3.63) is 174 Å². The summed E-state index contributed by atoms with van der Waals surface area (Å²) < 4.78 is 85.5. The van der Waals surface area contributed by atoms with Crippen molar-refractivity contribution in [1.29, 1.82) is 0 Å². The molecule has 0 saturated carbocycles. The summed E-state index contributed by atoms with van der Waals surface area (Å²) in [5.41, 5.74) is 2.98. The van der Waals surface area contributed by atoms with E-state index in [4.69, 9.17) is 37.8 Å². The maximum Gasteiger partial charge on any atom is 0.233 e. The van der Waals surface area contributed by atoms with Crippen LogP contribution in [0.2, 0.25) is 10.0 Å². The van der Waals surface area contributed by atoms with Crippen LogP contribution in [-0.4, -0.2) is 57.6 Å². The second kappa shape index (κ2) is 21.4. The fourth-order valence-electron chi connectivity index (χ4n) is 4.98. The third kappa shape index (κ3) is 15.2. The highest BCUT2D eigenvalue weighted by molar-refractivity contribution is 7.92. The van der Waals surface area contributed by atoms with Crippen LogP contribution in [0.15, 0.2) is 147 Å². The SMILES string of the molecule is C=CCN(c1cc(Cl)cc(-c2ccc(Oc3ccc(F)cc3)cc2)n1)S(C)(=O)=O.C=CCO.CS(=O)(=O)Cc1cc(Cl)cc(-c2ccc(Oc3ccc(F)cc3)cc2)n1. The number of pyridine rings is 2. The van der Waals surface area contributed by atoms with Gasteiger partial charge in [-0.2, -0.15) is 0 Å². The molecule has 0 radical (unpaired) electrons. The fraction of sp³-hybridized carbons (Fsp3) is 0.116. The van der Waals surface area contributed by atoms with E-state index in [0.717, 1.165) is 27.9 Å². The largest absolute Gasteiger partial charge is 0.457 e. The summed E-state index contributed by atoms with van der Waals surface area (Å²) in [7, 11) is -6.75. The van der Waals surface area contributed by atoms with E-state index in [2.05, 4.69) is 23.1 Å². The average molecular weight is 883 g/mol. The zero-order chi connectivity index (χ0) is 43.2. The third-order valence-electron chi connectivity index (χ3n) is 7.51. The van der Waals surface area contributed by atoms with Crippen molar-refractivity contribution in [3.8, 4) is 45.5 Å². The van der Waals surface area contributed by atoms with Gasteiger partial charge in [0.2, 0.25) is 10.0 Å². The van der Waals surface area contributed by atoms with Crippen molar-refractivity contribution in [2.45, 2.75) is 5.75 Å². The van der Waals surface area contributed by atoms with Gasteiger partial charge >= 0.3 is 0 Å². The van der Waals surface area contributed by atoms with Gasteiger partial charge in [-0.15, -0.1) is 13.2 Å². The Bertz CT molecular complexity index is 2560. The number of nitrogens with zero attached hydrogens (tertiary/aromatic N) is 3. The van der Waals surface area contributed by atoms with Crippen LogP contribution < -0.4 is 13.8 Å². The number of benzene rings is 4. The summed E-state index contributed by atoms with van der Waals surface area (Å²) >= 11 is 12.3. The molecular formula is C43H39Cl2F2N3O7S2. The molecule has 10 nitrogen and oxygen atoms in total. The number of anilines is 1. The van der Waals surface area contributed by atoms with Crippen molar-refractivity contribution in [2.75, 3.05) is 30.0 Å². The molecular weight excluding hydrogens is 844 g/mol. The minimum atomic E-state index is -3.55. The smallest absolute Gasteiger partial charge is 0.233 e. The highest BCUT2D eigenvalue weighted by Crippen LogP contribution is 2.30. The zero-order valence-corrected chi connectivity index (χ0v) is 34.9. The molecule has 0 amide bonds. The Morgan fingerprint density at radius 2 is 1.03 bits per heavy atom. The Labute approximate surface area is 352 Å². The number of rotatable bonds is 13. The molecule has 6 rings (SSSR count). The molecule has 0 unspecified atom stereocenters. The van der Waals surface area contributed by atoms with E-state index in [0.29, 0.717) is 50.1 Å². The normalized spacial score (nSPS) is 10.9. The lowest BCUT2D eigenvalue weighted by atomic mass is 10.1. The summed E-state index contributed by atoms with van der Waals surface area (Å²) in [5.74, 6) is 1.55. The molecule has 6 aromatic rings. The van der Waals surface area contributed by atoms with E-state index in [1.54, 1.807) is 72.8 Å². The molecule has 4 aromatic carbocycles. The van der Waals surface area contributed by atoms with Crippen molar-refractivity contribution in [2.24, 2.45) is 0 Å². The molecule has 1 N–H and O–H groups in total. The summed E-state index contributed by atoms with van der Waals surface area (Å²) in [6.45, 7) is 6.98. The van der Waals surface area contributed by atoms with Gasteiger partial charge in [-0.25, -0.2) is 30.6 Å². The Morgan fingerprint density at radius 3 is 1.41 bits per heavy atom. The Balaban J connectivity index is 0.000000240. The van der Waals surface area contributed by atoms with Gasteiger partial charge in [-0.05, 0) is 115 Å². The van der Waals surface area contributed by atoms with Gasteiger partial charge in [-0.3, -0.25) is 9.29 Å². The maximum absolute atomic E-state index is 13.0. The number of aliphatic hydroxyl groups excluding tert-OH is 1. The van der Waals surface area contributed by atoms with E-state index in [9.17, 15) is 25.6 Å². The Hall–Kier alpha value is -5.64. The first kappa shape index (κ1) is 46.1. The van der Waals surface area contributed by atoms with Gasteiger partial charge in [0.25, 0.3) is 0 Å². The van der Waals surface area contributed by atoms with Crippen LogP contribution in [-0.2, 0) is 25.6 Å². The fourth-order valence-corrected chi connectivity index (χ4v) is 6.91. The van der Waals surface area contributed by atoms with Crippen LogP contribution in [0.4, 0.5) is 14.6 Å².